The number of hydrogen-bond acceptors (Lipinski definition) is 4. The number of hydrogen-bond donors (Lipinski definition) is 1. The van der Waals surface area contributed by atoms with Crippen LogP contribution in [0.1, 0.15) is 22.8 Å². The van der Waals surface area contributed by atoms with Gasteiger partial charge in [-0.2, -0.15) is 0 Å². The number of carbonyl (C=O) groups is 2. The number of Topliss-reactive ketones (excluding diaryl/α,β-unsaturated/α-hetero) is 1. The highest BCUT2D eigenvalue weighted by Crippen LogP contribution is 2.29. The van der Waals surface area contributed by atoms with Crippen molar-refractivity contribution in [2.75, 3.05) is 13.7 Å². The number of halogens is 1. The summed E-state index contributed by atoms with van der Waals surface area (Å²) in [6.45, 7) is 1.76. The van der Waals surface area contributed by atoms with Crippen molar-refractivity contribution in [1.82, 2.24) is 5.32 Å². The minimum atomic E-state index is -0.340. The third-order valence-corrected chi connectivity index (χ3v) is 3.48. The predicted molar refractivity (Wildman–Crippen MR) is 91.8 cm³/mol. The topological polar surface area (TPSA) is 64.6 Å². The number of nitrogens with one attached hydrogen (secondary N) is 1. The first kappa shape index (κ1) is 17.8. The van der Waals surface area contributed by atoms with Crippen LogP contribution in [0.2, 0.25) is 5.02 Å². The average molecular weight is 348 g/mol. The van der Waals surface area contributed by atoms with E-state index in [1.807, 2.05) is 12.1 Å². The van der Waals surface area contributed by atoms with Crippen LogP contribution < -0.4 is 14.8 Å². The Morgan fingerprint density at radius 1 is 1.08 bits per heavy atom. The van der Waals surface area contributed by atoms with Crippen molar-refractivity contribution in [3.63, 3.8) is 0 Å². The minimum absolute atomic E-state index is 0.00400. The summed E-state index contributed by atoms with van der Waals surface area (Å²) in [7, 11) is 1.50. The number of ether oxygens (including phenoxy) is 2. The van der Waals surface area contributed by atoms with Gasteiger partial charge in [0.15, 0.2) is 11.5 Å². The molecule has 2 rings (SSSR count). The molecule has 0 heterocycles. The van der Waals surface area contributed by atoms with Crippen molar-refractivity contribution in [1.29, 1.82) is 0 Å². The van der Waals surface area contributed by atoms with E-state index in [2.05, 4.69) is 5.32 Å². The van der Waals surface area contributed by atoms with E-state index >= 15 is 0 Å². The van der Waals surface area contributed by atoms with Gasteiger partial charge in [-0.1, -0.05) is 23.7 Å². The van der Waals surface area contributed by atoms with Gasteiger partial charge in [0.25, 0.3) is 5.91 Å². The number of methoxy groups -OCH3 is 1. The second kappa shape index (κ2) is 8.36. The molecule has 0 aromatic heterocycles. The van der Waals surface area contributed by atoms with Crippen LogP contribution >= 0.6 is 11.6 Å². The first-order chi connectivity index (χ1) is 11.5. The second-order valence-electron chi connectivity index (χ2n) is 5.17. The molecule has 0 spiro atoms. The van der Waals surface area contributed by atoms with Gasteiger partial charge in [-0.15, -0.1) is 0 Å². The molecule has 1 N–H and O–H groups in total. The molecule has 0 saturated heterocycles. The van der Waals surface area contributed by atoms with Crippen LogP contribution in [-0.4, -0.2) is 25.3 Å². The summed E-state index contributed by atoms with van der Waals surface area (Å²) in [4.78, 5) is 22.9. The van der Waals surface area contributed by atoms with Crippen LogP contribution in [0, 0.1) is 0 Å². The molecule has 2 aromatic rings. The standard InChI is InChI=1S/C18H18ClNO4/c1-12(21)10-20-18(22)14-5-8-16(17(9-14)23-2)24-11-13-3-6-15(19)7-4-13/h3-9H,10-11H2,1-2H3,(H,20,22). The molecule has 0 atom stereocenters. The molecule has 0 unspecified atom stereocenters. The molecule has 1 amide bonds. The van der Waals surface area contributed by atoms with Crippen LogP contribution in [0.3, 0.4) is 0 Å². The monoisotopic (exact) mass is 347 g/mol. The highest BCUT2D eigenvalue weighted by molar-refractivity contribution is 6.30. The number of carbonyl (C=O) groups excluding carboxylic acids is 2. The fourth-order valence-corrected chi connectivity index (χ4v) is 2.10. The number of benzene rings is 2. The molecular weight excluding hydrogens is 330 g/mol. The lowest BCUT2D eigenvalue weighted by atomic mass is 10.2. The van der Waals surface area contributed by atoms with Crippen molar-refractivity contribution in [3.8, 4) is 11.5 Å². The van der Waals surface area contributed by atoms with E-state index in [-0.39, 0.29) is 18.2 Å². The van der Waals surface area contributed by atoms with Gasteiger partial charge in [-0.3, -0.25) is 9.59 Å². The van der Waals surface area contributed by atoms with Gasteiger partial charge in [0.1, 0.15) is 12.4 Å². The zero-order valence-corrected chi connectivity index (χ0v) is 14.2. The van der Waals surface area contributed by atoms with Gasteiger partial charge in [0.2, 0.25) is 0 Å². The summed E-state index contributed by atoms with van der Waals surface area (Å²) < 4.78 is 11.0. The minimum Gasteiger partial charge on any atom is -0.493 e. The number of ketones is 1. The van der Waals surface area contributed by atoms with Crippen LogP contribution in [0.4, 0.5) is 0 Å². The van der Waals surface area contributed by atoms with Gasteiger partial charge in [-0.25, -0.2) is 0 Å². The Morgan fingerprint density at radius 3 is 2.42 bits per heavy atom. The van der Waals surface area contributed by atoms with E-state index in [0.717, 1.165) is 5.56 Å². The highest BCUT2D eigenvalue weighted by Gasteiger charge is 2.11. The Balaban J connectivity index is 2.06. The van der Waals surface area contributed by atoms with Crippen molar-refractivity contribution in [2.24, 2.45) is 0 Å². The largest absolute Gasteiger partial charge is 0.493 e. The Kier molecular flexibility index (Phi) is 6.21. The lowest BCUT2D eigenvalue weighted by Gasteiger charge is -2.12. The summed E-state index contributed by atoms with van der Waals surface area (Å²) >= 11 is 5.85. The number of rotatable bonds is 7. The van der Waals surface area contributed by atoms with E-state index in [1.165, 1.54) is 14.0 Å². The number of amides is 1. The third kappa shape index (κ3) is 4.99. The van der Waals surface area contributed by atoms with Crippen molar-refractivity contribution < 1.29 is 19.1 Å². The summed E-state index contributed by atoms with van der Waals surface area (Å²) in [5, 5.41) is 3.20. The Labute approximate surface area is 145 Å². The Hall–Kier alpha value is -2.53. The quantitative estimate of drug-likeness (QED) is 0.835. The molecule has 0 aliphatic heterocycles. The normalized spacial score (nSPS) is 10.1. The lowest BCUT2D eigenvalue weighted by molar-refractivity contribution is -0.116. The van der Waals surface area contributed by atoms with Crippen molar-refractivity contribution >= 4 is 23.3 Å². The molecule has 0 bridgehead atoms. The Bertz CT molecular complexity index is 728. The van der Waals surface area contributed by atoms with E-state index in [1.54, 1.807) is 30.3 Å². The predicted octanol–water partition coefficient (Wildman–Crippen LogP) is 3.25. The van der Waals surface area contributed by atoms with Crippen LogP contribution in [0.25, 0.3) is 0 Å². The molecule has 0 fully saturated rings. The summed E-state index contributed by atoms with van der Waals surface area (Å²) in [6, 6.07) is 12.2. The average Bonchev–Trinajstić information content (AvgIpc) is 2.59. The smallest absolute Gasteiger partial charge is 0.251 e. The first-order valence-corrected chi connectivity index (χ1v) is 7.70. The lowest BCUT2D eigenvalue weighted by Crippen LogP contribution is -2.28. The fraction of sp³-hybridized carbons (Fsp3) is 0.222. The molecule has 2 aromatic carbocycles. The van der Waals surface area contributed by atoms with Crippen molar-refractivity contribution in [2.45, 2.75) is 13.5 Å². The van der Waals surface area contributed by atoms with Gasteiger partial charge < -0.3 is 14.8 Å². The molecule has 5 nitrogen and oxygen atoms in total. The van der Waals surface area contributed by atoms with Gasteiger partial charge >= 0.3 is 0 Å². The molecule has 0 aliphatic rings. The van der Waals surface area contributed by atoms with Crippen LogP contribution in [0.5, 0.6) is 11.5 Å². The van der Waals surface area contributed by atoms with E-state index in [9.17, 15) is 9.59 Å². The highest BCUT2D eigenvalue weighted by atomic mass is 35.5. The zero-order chi connectivity index (χ0) is 17.5. The molecular formula is C18H18ClNO4. The SMILES string of the molecule is COc1cc(C(=O)NCC(C)=O)ccc1OCc1ccc(Cl)cc1. The van der Waals surface area contributed by atoms with Crippen LogP contribution in [0.15, 0.2) is 42.5 Å². The van der Waals surface area contributed by atoms with Gasteiger partial charge in [-0.05, 0) is 42.8 Å². The molecule has 6 heteroatoms. The fourth-order valence-electron chi connectivity index (χ4n) is 1.98. The van der Waals surface area contributed by atoms with E-state index < -0.39 is 0 Å². The Morgan fingerprint density at radius 2 is 1.79 bits per heavy atom. The van der Waals surface area contributed by atoms with E-state index in [4.69, 9.17) is 21.1 Å². The van der Waals surface area contributed by atoms with Crippen LogP contribution in [-0.2, 0) is 11.4 Å². The van der Waals surface area contributed by atoms with Crippen molar-refractivity contribution in [3.05, 3.63) is 58.6 Å². The second-order valence-corrected chi connectivity index (χ2v) is 5.60. The molecule has 0 aliphatic carbocycles. The summed E-state index contributed by atoms with van der Waals surface area (Å²) in [6.07, 6.45) is 0. The molecule has 0 radical (unpaired) electrons. The first-order valence-electron chi connectivity index (χ1n) is 7.32. The maximum Gasteiger partial charge on any atom is 0.251 e. The summed E-state index contributed by atoms with van der Waals surface area (Å²) in [5.74, 6) is 0.515. The summed E-state index contributed by atoms with van der Waals surface area (Å²) in [5.41, 5.74) is 1.36. The maximum atomic E-state index is 12.0. The van der Waals surface area contributed by atoms with E-state index in [0.29, 0.717) is 28.7 Å². The van der Waals surface area contributed by atoms with Gasteiger partial charge in [0, 0.05) is 10.6 Å². The maximum absolute atomic E-state index is 12.0. The zero-order valence-electron chi connectivity index (χ0n) is 13.5. The molecule has 126 valence electrons. The molecule has 0 saturated carbocycles. The molecule has 24 heavy (non-hydrogen) atoms. The van der Waals surface area contributed by atoms with Gasteiger partial charge in [0.05, 0.1) is 13.7 Å². The third-order valence-electron chi connectivity index (χ3n) is 3.23.